The molecule has 3 fully saturated rings. The van der Waals surface area contributed by atoms with Crippen LogP contribution < -0.4 is 14.5 Å². The maximum absolute atomic E-state index is 14.3. The van der Waals surface area contributed by atoms with Crippen LogP contribution in [0.25, 0.3) is 0 Å². The van der Waals surface area contributed by atoms with Crippen LogP contribution in [-0.2, 0) is 19.2 Å². The smallest absolute Gasteiger partial charge is 0.238 e. The highest BCUT2D eigenvalue weighted by molar-refractivity contribution is 14.1. The number of phenols is 1. The SMILES string of the molecule is COc1cc(C2C3=CCC4C(=O)N(c5ccc(I)cc5)C(=O)C4C3CC3C(=O)N(c4ccc(I)cc4)C(=O)C32)cc(Br)c1O. The Kier molecular flexibility index (Phi) is 7.63. The zero-order valence-electron chi connectivity index (χ0n) is 23.2. The van der Waals surface area contributed by atoms with E-state index in [0.717, 1.165) is 12.7 Å². The number of benzene rings is 3. The molecule has 6 unspecified atom stereocenters. The molecule has 224 valence electrons. The summed E-state index contributed by atoms with van der Waals surface area (Å²) in [5, 5.41) is 10.6. The number of anilines is 2. The first-order valence-electron chi connectivity index (χ1n) is 14.1. The number of halogens is 3. The minimum absolute atomic E-state index is 0.0723. The van der Waals surface area contributed by atoms with Gasteiger partial charge in [-0.05, 0) is 146 Å². The van der Waals surface area contributed by atoms with Crippen LogP contribution in [0.1, 0.15) is 24.3 Å². The standard InChI is InChI=1S/C33H25BrI2N2O6/c1-44-25-13-15(12-24(34)29(25)39)26-20-10-11-21-27(32(42)37(30(21)40)18-6-2-16(35)3-7-18)22(20)14-23-28(26)33(43)38(31(23)41)19-8-4-17(36)5-9-19/h2-10,12-13,21-23,26-28,39H,11,14H2,1H3. The van der Waals surface area contributed by atoms with E-state index in [-0.39, 0.29) is 41.5 Å². The molecule has 4 aliphatic rings. The van der Waals surface area contributed by atoms with Crippen LogP contribution in [0.15, 0.2) is 76.8 Å². The number of aromatic hydroxyl groups is 1. The van der Waals surface area contributed by atoms with E-state index in [1.165, 1.54) is 16.9 Å². The molecule has 2 aliphatic carbocycles. The Morgan fingerprint density at radius 1 is 0.773 bits per heavy atom. The van der Waals surface area contributed by atoms with Crippen molar-refractivity contribution in [3.63, 3.8) is 0 Å². The van der Waals surface area contributed by atoms with E-state index in [9.17, 15) is 24.3 Å². The summed E-state index contributed by atoms with van der Waals surface area (Å²) in [5.74, 6) is -4.55. The van der Waals surface area contributed by atoms with Crippen molar-refractivity contribution in [2.45, 2.75) is 18.8 Å². The first-order valence-corrected chi connectivity index (χ1v) is 17.1. The van der Waals surface area contributed by atoms with Gasteiger partial charge in [-0.3, -0.25) is 29.0 Å². The van der Waals surface area contributed by atoms with Gasteiger partial charge in [0.15, 0.2) is 11.5 Å². The number of allylic oxidation sites excluding steroid dienone is 2. The van der Waals surface area contributed by atoms with Crippen molar-refractivity contribution in [2.75, 3.05) is 16.9 Å². The van der Waals surface area contributed by atoms with E-state index in [2.05, 4.69) is 61.1 Å². The van der Waals surface area contributed by atoms with E-state index in [0.29, 0.717) is 27.8 Å². The zero-order chi connectivity index (χ0) is 31.0. The van der Waals surface area contributed by atoms with E-state index >= 15 is 0 Å². The number of hydrogen-bond donors (Lipinski definition) is 1. The van der Waals surface area contributed by atoms with Crippen LogP contribution in [0, 0.1) is 36.7 Å². The third-order valence-electron chi connectivity index (χ3n) is 9.45. The van der Waals surface area contributed by atoms with Gasteiger partial charge in [0.25, 0.3) is 0 Å². The lowest BCUT2D eigenvalue weighted by molar-refractivity contribution is -0.126. The number of ether oxygens (including phenoxy) is 1. The first kappa shape index (κ1) is 29.9. The summed E-state index contributed by atoms with van der Waals surface area (Å²) in [4.78, 5) is 58.8. The van der Waals surface area contributed by atoms with E-state index in [1.54, 1.807) is 36.4 Å². The van der Waals surface area contributed by atoms with Gasteiger partial charge in [-0.15, -0.1) is 0 Å². The number of hydrogen-bond acceptors (Lipinski definition) is 6. The summed E-state index contributed by atoms with van der Waals surface area (Å²) >= 11 is 7.79. The number of fused-ring (bicyclic) bond motifs is 4. The average Bonchev–Trinajstić information content (AvgIpc) is 3.42. The Hall–Kier alpha value is -2.78. The molecule has 1 saturated carbocycles. The number of phenolic OH excluding ortho intramolecular Hbond substituents is 1. The molecule has 0 bridgehead atoms. The lowest BCUT2D eigenvalue weighted by Gasteiger charge is -2.44. The monoisotopic (exact) mass is 878 g/mol. The maximum Gasteiger partial charge on any atom is 0.238 e. The molecule has 44 heavy (non-hydrogen) atoms. The third-order valence-corrected chi connectivity index (χ3v) is 11.5. The summed E-state index contributed by atoms with van der Waals surface area (Å²) < 4.78 is 7.82. The van der Waals surface area contributed by atoms with Gasteiger partial charge < -0.3 is 9.84 Å². The summed E-state index contributed by atoms with van der Waals surface area (Å²) in [7, 11) is 1.45. The predicted octanol–water partition coefficient (Wildman–Crippen LogP) is 6.42. The number of nitrogens with zero attached hydrogens (tertiary/aromatic N) is 2. The Balaban J connectivity index is 1.35. The second-order valence-corrected chi connectivity index (χ2v) is 14.9. The normalized spacial score (nSPS) is 27.7. The van der Waals surface area contributed by atoms with Gasteiger partial charge in [0.2, 0.25) is 23.6 Å². The zero-order valence-corrected chi connectivity index (χ0v) is 29.1. The molecule has 0 aromatic heterocycles. The molecule has 2 aliphatic heterocycles. The number of methoxy groups -OCH3 is 1. The van der Waals surface area contributed by atoms with Crippen molar-refractivity contribution in [1.82, 2.24) is 0 Å². The van der Waals surface area contributed by atoms with Gasteiger partial charge in [0.05, 0.1) is 46.6 Å². The molecule has 4 amide bonds. The van der Waals surface area contributed by atoms with Crippen molar-refractivity contribution >= 4 is 96.1 Å². The molecule has 0 spiro atoms. The number of imide groups is 2. The molecule has 7 rings (SSSR count). The molecular weight excluding hydrogens is 854 g/mol. The molecule has 8 nitrogen and oxygen atoms in total. The van der Waals surface area contributed by atoms with Crippen LogP contribution in [-0.4, -0.2) is 35.8 Å². The van der Waals surface area contributed by atoms with Crippen molar-refractivity contribution in [3.05, 3.63) is 89.5 Å². The van der Waals surface area contributed by atoms with Crippen molar-refractivity contribution in [2.24, 2.45) is 29.6 Å². The lowest BCUT2D eigenvalue weighted by Crippen LogP contribution is -2.43. The van der Waals surface area contributed by atoms with E-state index in [4.69, 9.17) is 4.74 Å². The minimum atomic E-state index is -0.721. The van der Waals surface area contributed by atoms with Gasteiger partial charge in [0, 0.05) is 13.1 Å². The van der Waals surface area contributed by atoms with E-state index in [1.807, 2.05) is 30.3 Å². The molecule has 3 aromatic rings. The topological polar surface area (TPSA) is 104 Å². The quantitative estimate of drug-likeness (QED) is 0.185. The average molecular weight is 879 g/mol. The largest absolute Gasteiger partial charge is 0.503 e. The Bertz CT molecular complexity index is 1780. The van der Waals surface area contributed by atoms with E-state index < -0.39 is 35.5 Å². The van der Waals surface area contributed by atoms with Crippen molar-refractivity contribution in [3.8, 4) is 11.5 Å². The highest BCUT2D eigenvalue weighted by Gasteiger charge is 2.62. The molecule has 2 saturated heterocycles. The third kappa shape index (κ3) is 4.55. The first-order chi connectivity index (χ1) is 21.1. The molecule has 0 radical (unpaired) electrons. The number of carbonyl (C=O) groups is 4. The number of carbonyl (C=O) groups excluding carboxylic acids is 4. The van der Waals surface area contributed by atoms with Gasteiger partial charge in [-0.25, -0.2) is 0 Å². The fourth-order valence-corrected chi connectivity index (χ4v) is 8.76. The van der Waals surface area contributed by atoms with Gasteiger partial charge >= 0.3 is 0 Å². The summed E-state index contributed by atoms with van der Waals surface area (Å²) in [5.41, 5.74) is 2.60. The van der Waals surface area contributed by atoms with Gasteiger partial charge in [-0.2, -0.15) is 0 Å². The molecule has 6 atom stereocenters. The van der Waals surface area contributed by atoms with Crippen LogP contribution >= 0.6 is 61.1 Å². The fourth-order valence-electron chi connectivity index (χ4n) is 7.58. The maximum atomic E-state index is 14.3. The summed E-state index contributed by atoms with van der Waals surface area (Å²) in [6.07, 6.45) is 2.65. The van der Waals surface area contributed by atoms with Crippen LogP contribution in [0.5, 0.6) is 11.5 Å². The molecule has 2 heterocycles. The van der Waals surface area contributed by atoms with Crippen LogP contribution in [0.3, 0.4) is 0 Å². The van der Waals surface area contributed by atoms with Gasteiger partial charge in [0.1, 0.15) is 0 Å². The summed E-state index contributed by atoms with van der Waals surface area (Å²) in [6.45, 7) is 0. The van der Waals surface area contributed by atoms with Crippen molar-refractivity contribution < 1.29 is 29.0 Å². The Morgan fingerprint density at radius 2 is 1.32 bits per heavy atom. The molecule has 11 heteroatoms. The molecule has 1 N–H and O–H groups in total. The second kappa shape index (κ2) is 11.2. The predicted molar refractivity (Wildman–Crippen MR) is 183 cm³/mol. The minimum Gasteiger partial charge on any atom is -0.503 e. The highest BCUT2D eigenvalue weighted by Crippen LogP contribution is 2.59. The molecule has 3 aromatic carbocycles. The van der Waals surface area contributed by atoms with Crippen LogP contribution in [0.2, 0.25) is 0 Å². The highest BCUT2D eigenvalue weighted by atomic mass is 127. The lowest BCUT2D eigenvalue weighted by atomic mass is 9.57. The number of amides is 4. The molecular formula is C33H25BrI2N2O6. The second-order valence-electron chi connectivity index (χ2n) is 11.6. The Morgan fingerprint density at radius 3 is 1.89 bits per heavy atom. The van der Waals surface area contributed by atoms with Crippen molar-refractivity contribution in [1.29, 1.82) is 0 Å². The van der Waals surface area contributed by atoms with Crippen LogP contribution in [0.4, 0.5) is 11.4 Å². The Labute approximate surface area is 289 Å². The summed E-state index contributed by atoms with van der Waals surface area (Å²) in [6, 6.07) is 18.0. The fraction of sp³-hybridized carbons (Fsp3) is 0.273. The van der Waals surface area contributed by atoms with Gasteiger partial charge in [-0.1, -0.05) is 11.6 Å². The number of rotatable bonds is 4.